The van der Waals surface area contributed by atoms with Gasteiger partial charge >= 0.3 is 0 Å². The predicted octanol–water partition coefficient (Wildman–Crippen LogP) is 6.53. The molecule has 0 spiro atoms. The van der Waals surface area contributed by atoms with Gasteiger partial charge in [-0.15, -0.1) is 0 Å². The summed E-state index contributed by atoms with van der Waals surface area (Å²) in [5.41, 5.74) is 6.15. The number of rotatable bonds is 21. The average Bonchev–Trinajstić information content (AvgIpc) is 3.95. The third kappa shape index (κ3) is 16.1. The van der Waals surface area contributed by atoms with Crippen molar-refractivity contribution < 1.29 is 28.7 Å². The Labute approximate surface area is 460 Å². The van der Waals surface area contributed by atoms with Crippen molar-refractivity contribution in [3.63, 3.8) is 0 Å². The van der Waals surface area contributed by atoms with Crippen molar-refractivity contribution in [2.45, 2.75) is 102 Å². The van der Waals surface area contributed by atoms with E-state index in [1.807, 2.05) is 85.7 Å². The average molecular weight is 1080 g/mol. The molecule has 0 bridgehead atoms. The molecular weight excluding hydrogens is 1010 g/mol. The number of carbonyl (C=O) groups is 4. The first-order valence-corrected chi connectivity index (χ1v) is 28.2. The largest absolute Gasteiger partial charge is 0.497 e. The minimum Gasteiger partial charge on any atom is -0.497 e. The van der Waals surface area contributed by atoms with Gasteiger partial charge in [-0.1, -0.05) is 50.5 Å². The normalized spacial score (nSPS) is 15.4. The lowest BCUT2D eigenvalue weighted by Crippen LogP contribution is -2.51. The number of likely N-dealkylation sites (tertiary alicyclic amines) is 1. The topological polar surface area (TPSA) is 221 Å². The molecule has 1 atom stereocenters. The van der Waals surface area contributed by atoms with E-state index in [2.05, 4.69) is 50.5 Å². The highest BCUT2D eigenvalue weighted by Crippen LogP contribution is 2.28. The summed E-state index contributed by atoms with van der Waals surface area (Å²) in [6.07, 6.45) is 16.3. The third-order valence-electron chi connectivity index (χ3n) is 14.4. The zero-order chi connectivity index (χ0) is 54.6. The number of hydrogen-bond acceptors (Lipinski definition) is 14. The summed E-state index contributed by atoms with van der Waals surface area (Å²) >= 11 is 1.15. The summed E-state index contributed by atoms with van der Waals surface area (Å²) in [5, 5.41) is 13.6. The second kappa shape index (κ2) is 28.9. The number of benzene rings is 2. The second-order valence-corrected chi connectivity index (χ2v) is 20.7. The maximum atomic E-state index is 13.3. The number of piperazine rings is 1. The molecule has 4 amide bonds. The molecule has 2 aliphatic heterocycles. The van der Waals surface area contributed by atoms with Gasteiger partial charge in [0.2, 0.25) is 11.8 Å². The monoisotopic (exact) mass is 1080 g/mol. The maximum absolute atomic E-state index is 13.3. The highest BCUT2D eigenvalue weighted by molar-refractivity contribution is 7.98. The Morgan fingerprint density at radius 2 is 1.60 bits per heavy atom. The fourth-order valence-corrected chi connectivity index (χ4v) is 10.7. The van der Waals surface area contributed by atoms with Crippen LogP contribution in [0.1, 0.15) is 103 Å². The molecule has 6 aromatic rings. The number of aromatic amines is 1. The molecule has 5 N–H and O–H groups in total. The Morgan fingerprint density at radius 3 is 2.33 bits per heavy atom. The number of piperidine rings is 1. The summed E-state index contributed by atoms with van der Waals surface area (Å²) in [5.74, 6) is 1.13. The van der Waals surface area contributed by atoms with Crippen LogP contribution in [0, 0.1) is 5.92 Å². The van der Waals surface area contributed by atoms with E-state index >= 15 is 0 Å². The number of pyridine rings is 3. The van der Waals surface area contributed by atoms with Crippen molar-refractivity contribution >= 4 is 52.3 Å². The highest BCUT2D eigenvalue weighted by Gasteiger charge is 2.31. The molecule has 3 aliphatic rings. The smallest absolute Gasteiger partial charge is 0.279 e. The van der Waals surface area contributed by atoms with Crippen LogP contribution in [0.15, 0.2) is 107 Å². The number of nitrogens with one attached hydrogen (secondary N) is 5. The van der Waals surface area contributed by atoms with E-state index in [4.69, 9.17) is 9.47 Å². The molecule has 6 heterocycles. The second-order valence-electron chi connectivity index (χ2n) is 19.8. The van der Waals surface area contributed by atoms with Crippen molar-refractivity contribution in [3.05, 3.63) is 136 Å². The van der Waals surface area contributed by atoms with Crippen LogP contribution >= 0.6 is 11.9 Å². The van der Waals surface area contributed by atoms with Crippen molar-refractivity contribution in [1.29, 1.82) is 0 Å². The molecule has 3 fully saturated rings. The van der Waals surface area contributed by atoms with Crippen molar-refractivity contribution in [1.82, 2.24) is 55.2 Å². The molecule has 0 radical (unpaired) electrons. The zero-order valence-corrected chi connectivity index (χ0v) is 46.0. The van der Waals surface area contributed by atoms with Gasteiger partial charge in [0.1, 0.15) is 23.2 Å². The summed E-state index contributed by atoms with van der Waals surface area (Å²) in [7, 11) is 1.64. The van der Waals surface area contributed by atoms with Crippen LogP contribution in [0.5, 0.6) is 11.5 Å². The molecule has 1 unspecified atom stereocenters. The Hall–Kier alpha value is -7.29. The van der Waals surface area contributed by atoms with Gasteiger partial charge in [-0.2, -0.15) is 5.10 Å². The number of methoxy groups -OCH3 is 1. The molecule has 1 saturated carbocycles. The number of nitrogens with zero attached hydrogens (tertiary/aromatic N) is 7. The van der Waals surface area contributed by atoms with E-state index < -0.39 is 6.04 Å². The summed E-state index contributed by atoms with van der Waals surface area (Å²) in [6, 6.07) is 21.7. The van der Waals surface area contributed by atoms with Crippen LogP contribution < -0.4 is 40.6 Å². The van der Waals surface area contributed by atoms with Crippen LogP contribution in [-0.4, -0.2) is 130 Å². The minimum atomic E-state index is -0.593. The van der Waals surface area contributed by atoms with Crippen LogP contribution in [0.2, 0.25) is 0 Å². The van der Waals surface area contributed by atoms with E-state index in [9.17, 15) is 24.0 Å². The molecule has 20 heteroatoms. The van der Waals surface area contributed by atoms with Gasteiger partial charge in [-0.3, -0.25) is 43.3 Å². The molecule has 19 nitrogen and oxygen atoms in total. The lowest BCUT2D eigenvalue weighted by molar-refractivity contribution is -0.131. The third-order valence-corrected chi connectivity index (χ3v) is 15.2. The van der Waals surface area contributed by atoms with Crippen molar-refractivity contribution in [2.75, 3.05) is 71.0 Å². The fourth-order valence-electron chi connectivity index (χ4n) is 10.1. The quantitative estimate of drug-likeness (QED) is 0.0485. The number of anilines is 1. The van der Waals surface area contributed by atoms with E-state index in [1.165, 1.54) is 6.42 Å². The Bertz CT molecular complexity index is 2970. The molecular formula is C58H74N12O7S. The molecule has 78 heavy (non-hydrogen) atoms. The molecule has 2 aromatic carbocycles. The Balaban J connectivity index is 0.000000305. The summed E-state index contributed by atoms with van der Waals surface area (Å²) in [6.45, 7) is 12.2. The van der Waals surface area contributed by atoms with Crippen LogP contribution in [0.4, 0.5) is 5.69 Å². The van der Waals surface area contributed by atoms with Crippen molar-refractivity contribution in [3.8, 4) is 11.5 Å². The lowest BCUT2D eigenvalue weighted by Gasteiger charge is -2.36. The summed E-state index contributed by atoms with van der Waals surface area (Å²) in [4.78, 5) is 82.9. The first kappa shape index (κ1) is 56.9. The fraction of sp³-hybridized carbons (Fsp3) is 0.448. The van der Waals surface area contributed by atoms with Crippen LogP contribution in [-0.2, 0) is 35.6 Å². The number of H-pyrrole nitrogens is 1. The van der Waals surface area contributed by atoms with Gasteiger partial charge in [-0.05, 0) is 111 Å². The number of fused-ring (bicyclic) bond motifs is 1. The first-order valence-electron chi connectivity index (χ1n) is 27.4. The predicted molar refractivity (Wildman–Crippen MR) is 303 cm³/mol. The van der Waals surface area contributed by atoms with Crippen LogP contribution in [0.3, 0.4) is 0 Å². The van der Waals surface area contributed by atoms with Gasteiger partial charge in [0.25, 0.3) is 17.4 Å². The maximum Gasteiger partial charge on any atom is 0.279 e. The van der Waals surface area contributed by atoms with Gasteiger partial charge < -0.3 is 40.2 Å². The number of ether oxygens (including phenoxy) is 2. The number of aromatic nitrogens is 5. The molecule has 414 valence electrons. The Morgan fingerprint density at radius 1 is 0.821 bits per heavy atom. The van der Waals surface area contributed by atoms with Gasteiger partial charge in [0.05, 0.1) is 60.8 Å². The SMILES string of the molecule is CCOc1cc(OC)ccc1CNCC(=O)N1CCCCC1.CCc1cc2ncc(CN3CCN(c4ccc(C(=O)NSc5cnn(CCNC(=O)C(NC(=O)c6ccccc6)C6CCCCC6)c5)nc4)CC3)cc2[nH]c1=O. The van der Waals surface area contributed by atoms with E-state index in [-0.39, 0.29) is 35.1 Å². The lowest BCUT2D eigenvalue weighted by atomic mass is 9.83. The molecule has 2 saturated heterocycles. The zero-order valence-electron chi connectivity index (χ0n) is 45.1. The van der Waals surface area contributed by atoms with Gasteiger partial charge in [-0.25, -0.2) is 4.98 Å². The molecule has 9 rings (SSSR count). The number of amides is 4. The molecule has 4 aromatic heterocycles. The summed E-state index contributed by atoms with van der Waals surface area (Å²) < 4.78 is 15.4. The van der Waals surface area contributed by atoms with Gasteiger partial charge in [0.15, 0.2) is 0 Å². The Kier molecular flexibility index (Phi) is 21.1. The number of carbonyl (C=O) groups excluding carboxylic acids is 4. The van der Waals surface area contributed by atoms with Crippen LogP contribution in [0.25, 0.3) is 11.0 Å². The standard InChI is InChI=1S/C41H48N10O4S.C17H26N2O3/c1-2-29-22-35-36(46-38(29)52)21-28(23-43-35)26-49-17-19-50(20-18-49)32-13-14-34(44-24-32)40(54)48-56-33-25-45-51(27-33)16-15-42-41(55)37(30-9-5-3-6-10-30)47-39(53)31-11-7-4-8-12-31;1-3-22-16-11-15(21-2)8-7-14(16)12-18-13-17(20)19-9-5-4-6-10-19/h4,7-8,11-14,21-25,27,30,37H,2-3,5-6,9-10,15-20,26H2,1H3,(H,42,55)(H,46,52)(H,47,53)(H,48,54);7-8,11,18H,3-6,9-10,12-13H2,1-2H3. The number of hydrogen-bond donors (Lipinski definition) is 5. The van der Waals surface area contributed by atoms with Gasteiger partial charge in [0, 0.05) is 94.1 Å². The van der Waals surface area contributed by atoms with E-state index in [1.54, 1.807) is 42.4 Å². The van der Waals surface area contributed by atoms with E-state index in [0.29, 0.717) is 50.5 Å². The van der Waals surface area contributed by atoms with E-state index in [0.717, 1.165) is 153 Å². The highest BCUT2D eigenvalue weighted by atomic mass is 32.2. The van der Waals surface area contributed by atoms with Crippen molar-refractivity contribution in [2.24, 2.45) is 5.92 Å². The number of aryl methyl sites for hydroxylation is 1. The minimum absolute atomic E-state index is 0.0563. The molecule has 1 aliphatic carbocycles. The first-order chi connectivity index (χ1) is 38.1.